The van der Waals surface area contributed by atoms with E-state index < -0.39 is 0 Å². The fraction of sp³-hybridized carbons (Fsp3) is 0.519. The number of halogens is 3. The van der Waals surface area contributed by atoms with Crippen LogP contribution >= 0.6 is 52.1 Å². The molecule has 2 fully saturated rings. The summed E-state index contributed by atoms with van der Waals surface area (Å²) in [5, 5.41) is 11.3. The molecule has 1 aliphatic heterocycles. The van der Waals surface area contributed by atoms with Gasteiger partial charge in [0.2, 0.25) is 5.95 Å². The van der Waals surface area contributed by atoms with Crippen molar-refractivity contribution in [1.29, 1.82) is 0 Å². The molecule has 0 bridgehead atoms. The molecule has 3 heterocycles. The predicted molar refractivity (Wildman–Crippen MR) is 163 cm³/mol. The fourth-order valence-corrected chi connectivity index (χ4v) is 7.24. The molecule has 6 nitrogen and oxygen atoms in total. The maximum Gasteiger partial charge on any atom is 0.252 e. The maximum absolute atomic E-state index is 12.7. The third kappa shape index (κ3) is 7.35. The summed E-state index contributed by atoms with van der Waals surface area (Å²) in [4.78, 5) is 23.1. The average molecular weight is 629 g/mol. The molecule has 0 radical (unpaired) electrons. The summed E-state index contributed by atoms with van der Waals surface area (Å²) in [5.74, 6) is 1.31. The number of carbonyl (C=O) groups excluding carboxylic acids is 1. The van der Waals surface area contributed by atoms with Crippen LogP contribution in [0.3, 0.4) is 0 Å². The van der Waals surface area contributed by atoms with Crippen molar-refractivity contribution in [3.05, 3.63) is 40.5 Å². The molecule has 1 amide bonds. The van der Waals surface area contributed by atoms with Gasteiger partial charge >= 0.3 is 0 Å². The van der Waals surface area contributed by atoms with Crippen molar-refractivity contribution in [3.8, 4) is 10.6 Å². The van der Waals surface area contributed by atoms with Crippen LogP contribution in [0.1, 0.15) is 70.2 Å². The monoisotopic (exact) mass is 627 g/mol. The van der Waals surface area contributed by atoms with Crippen LogP contribution in [-0.4, -0.2) is 39.5 Å². The lowest BCUT2D eigenvalue weighted by Crippen LogP contribution is -2.57. The number of anilines is 1. The highest BCUT2D eigenvalue weighted by Gasteiger charge is 2.37. The number of rotatable bonds is 7. The number of fused-ring (bicyclic) bond motifs is 1. The van der Waals surface area contributed by atoms with Gasteiger partial charge in [-0.15, -0.1) is 36.2 Å². The standard InChI is InChI=1S/C27H34BrN5OS.2ClH/c1-26(2)13-16(14-27(3,4)33-26)10-11-29-25-30-15-20(28)23(32-25)22-12-19-18(6-5-7-21(19)35-22)24(34)31-17-8-9-17;;/h5-7,12,15-17,33H,8-11,13-14H2,1-4H3,(H,31,34)(H,29,30,32);2*1H. The van der Waals surface area contributed by atoms with E-state index >= 15 is 0 Å². The molecule has 1 aliphatic carbocycles. The number of aromatic nitrogens is 2. The Morgan fingerprint density at radius 3 is 2.54 bits per heavy atom. The normalized spacial score (nSPS) is 18.5. The van der Waals surface area contributed by atoms with Crippen LogP contribution in [0.25, 0.3) is 20.7 Å². The highest BCUT2D eigenvalue weighted by Crippen LogP contribution is 2.38. The Morgan fingerprint density at radius 1 is 1.16 bits per heavy atom. The van der Waals surface area contributed by atoms with Gasteiger partial charge in [-0.2, -0.15) is 0 Å². The maximum atomic E-state index is 12.7. The molecule has 2 aliphatic rings. The molecule has 10 heteroatoms. The van der Waals surface area contributed by atoms with Gasteiger partial charge in [0.25, 0.3) is 5.91 Å². The van der Waals surface area contributed by atoms with Crippen molar-refractivity contribution in [2.24, 2.45) is 5.92 Å². The Hall–Kier alpha value is -1.45. The Bertz CT molecular complexity index is 1240. The predicted octanol–water partition coefficient (Wildman–Crippen LogP) is 7.22. The van der Waals surface area contributed by atoms with E-state index in [-0.39, 0.29) is 41.8 Å². The Labute approximate surface area is 244 Å². The second-order valence-corrected chi connectivity index (χ2v) is 13.3. The van der Waals surface area contributed by atoms with Crippen LogP contribution < -0.4 is 16.0 Å². The minimum atomic E-state index is 0. The largest absolute Gasteiger partial charge is 0.354 e. The minimum absolute atomic E-state index is 0. The third-order valence-electron chi connectivity index (χ3n) is 6.81. The van der Waals surface area contributed by atoms with Gasteiger partial charge in [0, 0.05) is 45.5 Å². The van der Waals surface area contributed by atoms with Crippen molar-refractivity contribution >= 4 is 74.0 Å². The van der Waals surface area contributed by atoms with Gasteiger partial charge in [0.1, 0.15) is 5.69 Å². The molecule has 1 aromatic carbocycles. The fourth-order valence-electron chi connectivity index (χ4n) is 5.62. The first-order valence-electron chi connectivity index (χ1n) is 12.5. The molecule has 0 atom stereocenters. The number of nitrogens with zero attached hydrogens (tertiary/aromatic N) is 2. The molecule has 0 unspecified atom stereocenters. The van der Waals surface area contributed by atoms with Gasteiger partial charge in [-0.25, -0.2) is 9.97 Å². The molecular formula is C27H36BrCl2N5OS. The van der Waals surface area contributed by atoms with E-state index in [1.54, 1.807) is 11.3 Å². The van der Waals surface area contributed by atoms with Gasteiger partial charge in [-0.1, -0.05) is 6.07 Å². The van der Waals surface area contributed by atoms with Gasteiger partial charge in [0.05, 0.1) is 9.35 Å². The van der Waals surface area contributed by atoms with Crippen molar-refractivity contribution in [2.45, 2.75) is 76.9 Å². The van der Waals surface area contributed by atoms with E-state index in [9.17, 15) is 4.79 Å². The highest BCUT2D eigenvalue weighted by molar-refractivity contribution is 9.10. The SMILES string of the molecule is CC1(C)CC(CCNc2ncc(Br)c(-c3cc4c(C(=O)NC5CC5)cccc4s3)n2)CC(C)(C)N1.Cl.Cl. The summed E-state index contributed by atoms with van der Waals surface area (Å²) in [6, 6.07) is 8.34. The van der Waals surface area contributed by atoms with Gasteiger partial charge in [-0.05, 0) is 99.8 Å². The van der Waals surface area contributed by atoms with Crippen molar-refractivity contribution < 1.29 is 4.79 Å². The van der Waals surface area contributed by atoms with Gasteiger partial charge in [-0.3, -0.25) is 4.79 Å². The zero-order valence-corrected chi connectivity index (χ0v) is 25.7. The summed E-state index contributed by atoms with van der Waals surface area (Å²) in [5.41, 5.74) is 1.89. The molecule has 1 saturated carbocycles. The van der Waals surface area contributed by atoms with E-state index in [0.29, 0.717) is 17.9 Å². The molecule has 2 aromatic heterocycles. The van der Waals surface area contributed by atoms with Crippen molar-refractivity contribution in [1.82, 2.24) is 20.6 Å². The second kappa shape index (κ2) is 11.7. The lowest BCUT2D eigenvalue weighted by Gasteiger charge is -2.46. The number of piperidine rings is 1. The number of benzene rings is 1. The smallest absolute Gasteiger partial charge is 0.252 e. The lowest BCUT2D eigenvalue weighted by atomic mass is 9.75. The molecule has 0 spiro atoms. The van der Waals surface area contributed by atoms with E-state index in [0.717, 1.165) is 56.5 Å². The second-order valence-electron chi connectivity index (χ2n) is 11.3. The first-order chi connectivity index (χ1) is 16.6. The summed E-state index contributed by atoms with van der Waals surface area (Å²) in [6.07, 6.45) is 7.39. The molecule has 1 saturated heterocycles. The van der Waals surface area contributed by atoms with Crippen LogP contribution in [0.4, 0.5) is 5.95 Å². The lowest BCUT2D eigenvalue weighted by molar-refractivity contribution is 0.0952. The van der Waals surface area contributed by atoms with E-state index in [1.165, 1.54) is 12.8 Å². The number of hydrogen-bond donors (Lipinski definition) is 3. The Morgan fingerprint density at radius 2 is 1.86 bits per heavy atom. The molecule has 3 aromatic rings. The number of amides is 1. The van der Waals surface area contributed by atoms with E-state index in [4.69, 9.17) is 4.98 Å². The molecule has 5 rings (SSSR count). The molecular weight excluding hydrogens is 593 g/mol. The first kappa shape index (κ1) is 30.1. The summed E-state index contributed by atoms with van der Waals surface area (Å²) >= 11 is 5.29. The third-order valence-corrected chi connectivity index (χ3v) is 8.49. The number of hydrogen-bond acceptors (Lipinski definition) is 6. The molecule has 202 valence electrons. The van der Waals surface area contributed by atoms with Crippen molar-refractivity contribution in [3.63, 3.8) is 0 Å². The average Bonchev–Trinajstić information content (AvgIpc) is 3.46. The summed E-state index contributed by atoms with van der Waals surface area (Å²) < 4.78 is 1.93. The molecule has 37 heavy (non-hydrogen) atoms. The van der Waals surface area contributed by atoms with Crippen LogP contribution in [0.15, 0.2) is 34.9 Å². The van der Waals surface area contributed by atoms with E-state index in [1.807, 2.05) is 18.3 Å². The highest BCUT2D eigenvalue weighted by atomic mass is 79.9. The number of thiophene rings is 1. The number of carbonyl (C=O) groups is 1. The number of nitrogens with one attached hydrogen (secondary N) is 3. The summed E-state index contributed by atoms with van der Waals surface area (Å²) in [6.45, 7) is 10.0. The minimum Gasteiger partial charge on any atom is -0.354 e. The van der Waals surface area contributed by atoms with E-state index in [2.05, 4.69) is 76.7 Å². The van der Waals surface area contributed by atoms with Crippen LogP contribution in [-0.2, 0) is 0 Å². The van der Waals surface area contributed by atoms with Gasteiger partial charge in [0.15, 0.2) is 0 Å². The van der Waals surface area contributed by atoms with Crippen LogP contribution in [0.2, 0.25) is 0 Å². The van der Waals surface area contributed by atoms with Crippen LogP contribution in [0, 0.1) is 5.92 Å². The first-order valence-corrected chi connectivity index (χ1v) is 14.1. The molecule has 3 N–H and O–H groups in total. The van der Waals surface area contributed by atoms with Crippen molar-refractivity contribution in [2.75, 3.05) is 11.9 Å². The van der Waals surface area contributed by atoms with Gasteiger partial charge < -0.3 is 16.0 Å². The zero-order valence-electron chi connectivity index (χ0n) is 21.7. The topological polar surface area (TPSA) is 78.9 Å². The zero-order chi connectivity index (χ0) is 24.8. The Kier molecular flexibility index (Phi) is 9.55. The Balaban J connectivity index is 0.00000190. The van der Waals surface area contributed by atoms with Crippen LogP contribution in [0.5, 0.6) is 0 Å². The quantitative estimate of drug-likeness (QED) is 0.258. The summed E-state index contributed by atoms with van der Waals surface area (Å²) in [7, 11) is 0.